The van der Waals surface area contributed by atoms with Crippen LogP contribution in [0.4, 0.5) is 5.13 Å². The van der Waals surface area contributed by atoms with Crippen molar-refractivity contribution in [2.24, 2.45) is 5.73 Å². The maximum Gasteiger partial charge on any atom is 0.252 e. The zero-order valence-corrected chi connectivity index (χ0v) is 13.0. The van der Waals surface area contributed by atoms with E-state index in [0.29, 0.717) is 18.3 Å². The number of nitrogens with two attached hydrogens (primary N) is 1. The van der Waals surface area contributed by atoms with Crippen molar-refractivity contribution < 1.29 is 14.3 Å². The minimum absolute atomic E-state index is 0. The molecular formula is C12H20ClN3O3S. The van der Waals surface area contributed by atoms with Crippen molar-refractivity contribution in [1.29, 1.82) is 0 Å². The average Bonchev–Trinajstić information content (AvgIpc) is 2.76. The standard InChI is InChI=1S/C12H19N3O3S.ClH/c1-17-4-5-18-7-11(16)15-12-14-9-3-2-8(13)6-10(9)19-12;/h8H,2-7,13H2,1H3,(H,14,15,16);1H/t8-;/m0./s1. The van der Waals surface area contributed by atoms with Gasteiger partial charge in [-0.1, -0.05) is 0 Å². The number of carbonyl (C=O) groups is 1. The number of aryl methyl sites for hydroxylation is 1. The first-order chi connectivity index (χ1) is 9.19. The molecule has 1 aliphatic rings. The minimum atomic E-state index is -0.188. The first-order valence-electron chi connectivity index (χ1n) is 6.29. The Morgan fingerprint density at radius 3 is 3.10 bits per heavy atom. The Bertz CT molecular complexity index is 442. The second kappa shape index (κ2) is 8.53. The average molecular weight is 322 g/mol. The summed E-state index contributed by atoms with van der Waals surface area (Å²) in [6, 6.07) is 0.217. The number of halogens is 1. The predicted octanol–water partition coefficient (Wildman–Crippen LogP) is 0.982. The van der Waals surface area contributed by atoms with E-state index in [9.17, 15) is 4.79 Å². The van der Waals surface area contributed by atoms with Gasteiger partial charge < -0.3 is 15.2 Å². The van der Waals surface area contributed by atoms with Crippen LogP contribution in [0.3, 0.4) is 0 Å². The highest BCUT2D eigenvalue weighted by molar-refractivity contribution is 7.15. The molecule has 1 aromatic rings. The fourth-order valence-corrected chi connectivity index (χ4v) is 3.03. The van der Waals surface area contributed by atoms with Crippen molar-refractivity contribution in [1.82, 2.24) is 4.98 Å². The molecule has 1 aliphatic carbocycles. The van der Waals surface area contributed by atoms with Crippen LogP contribution in [-0.4, -0.2) is 43.9 Å². The highest BCUT2D eigenvalue weighted by atomic mass is 35.5. The molecular weight excluding hydrogens is 302 g/mol. The fourth-order valence-electron chi connectivity index (χ4n) is 1.92. The molecule has 2 rings (SSSR count). The summed E-state index contributed by atoms with van der Waals surface area (Å²) in [5, 5.41) is 3.39. The molecule has 0 aromatic carbocycles. The van der Waals surface area contributed by atoms with Crippen LogP contribution in [0.15, 0.2) is 0 Å². The summed E-state index contributed by atoms with van der Waals surface area (Å²) < 4.78 is 9.98. The molecule has 3 N–H and O–H groups in total. The SMILES string of the molecule is COCCOCC(=O)Nc1nc2c(s1)C[C@@H](N)CC2.Cl. The molecule has 0 radical (unpaired) electrons. The number of fused-ring (bicyclic) bond motifs is 1. The lowest BCUT2D eigenvalue weighted by Crippen LogP contribution is -2.27. The zero-order chi connectivity index (χ0) is 13.7. The van der Waals surface area contributed by atoms with Gasteiger partial charge in [0.15, 0.2) is 5.13 Å². The van der Waals surface area contributed by atoms with Gasteiger partial charge in [-0.2, -0.15) is 0 Å². The number of rotatable bonds is 6. The molecule has 0 bridgehead atoms. The number of ether oxygens (including phenoxy) is 2. The maximum atomic E-state index is 11.6. The molecule has 0 saturated carbocycles. The predicted molar refractivity (Wildman–Crippen MR) is 80.7 cm³/mol. The lowest BCUT2D eigenvalue weighted by Gasteiger charge is -2.15. The van der Waals surface area contributed by atoms with Crippen molar-refractivity contribution in [3.63, 3.8) is 0 Å². The maximum absolute atomic E-state index is 11.6. The number of methoxy groups -OCH3 is 1. The van der Waals surface area contributed by atoms with E-state index in [1.807, 2.05) is 0 Å². The number of carbonyl (C=O) groups excluding carboxylic acids is 1. The molecule has 1 amide bonds. The monoisotopic (exact) mass is 321 g/mol. The smallest absolute Gasteiger partial charge is 0.252 e. The number of thiazole rings is 1. The topological polar surface area (TPSA) is 86.5 Å². The third-order valence-electron chi connectivity index (χ3n) is 2.89. The molecule has 1 atom stereocenters. The van der Waals surface area contributed by atoms with Gasteiger partial charge in [0, 0.05) is 18.0 Å². The van der Waals surface area contributed by atoms with Gasteiger partial charge in [-0.25, -0.2) is 4.98 Å². The highest BCUT2D eigenvalue weighted by Gasteiger charge is 2.20. The highest BCUT2D eigenvalue weighted by Crippen LogP contribution is 2.29. The number of anilines is 1. The number of hydrogen-bond donors (Lipinski definition) is 2. The molecule has 114 valence electrons. The summed E-state index contributed by atoms with van der Waals surface area (Å²) >= 11 is 1.51. The van der Waals surface area contributed by atoms with Gasteiger partial charge in [-0.3, -0.25) is 10.1 Å². The molecule has 0 unspecified atom stereocenters. The van der Waals surface area contributed by atoms with Crippen LogP contribution in [0.5, 0.6) is 0 Å². The van der Waals surface area contributed by atoms with Gasteiger partial charge in [0.05, 0.1) is 18.9 Å². The van der Waals surface area contributed by atoms with Crippen LogP contribution in [0, 0.1) is 0 Å². The molecule has 1 heterocycles. The second-order valence-corrected chi connectivity index (χ2v) is 5.57. The largest absolute Gasteiger partial charge is 0.382 e. The van der Waals surface area contributed by atoms with Gasteiger partial charge in [0.2, 0.25) is 0 Å². The molecule has 0 saturated heterocycles. The summed E-state index contributed by atoms with van der Waals surface area (Å²) in [6.45, 7) is 0.914. The molecule has 1 aromatic heterocycles. The molecule has 0 fully saturated rings. The van der Waals surface area contributed by atoms with E-state index in [2.05, 4.69) is 10.3 Å². The Labute approximate surface area is 128 Å². The third-order valence-corrected chi connectivity index (χ3v) is 3.92. The van der Waals surface area contributed by atoms with E-state index in [1.165, 1.54) is 16.2 Å². The lowest BCUT2D eigenvalue weighted by atomic mass is 9.99. The Kier molecular flexibility index (Phi) is 7.39. The van der Waals surface area contributed by atoms with E-state index in [1.54, 1.807) is 7.11 Å². The normalized spacial score (nSPS) is 17.2. The quantitative estimate of drug-likeness (QED) is 0.763. The second-order valence-electron chi connectivity index (χ2n) is 4.49. The van der Waals surface area contributed by atoms with E-state index >= 15 is 0 Å². The number of hydrogen-bond acceptors (Lipinski definition) is 6. The lowest BCUT2D eigenvalue weighted by molar-refractivity contribution is -0.121. The number of amides is 1. The fraction of sp³-hybridized carbons (Fsp3) is 0.667. The molecule has 6 nitrogen and oxygen atoms in total. The van der Waals surface area contributed by atoms with Crippen molar-refractivity contribution in [3.8, 4) is 0 Å². The molecule has 8 heteroatoms. The number of nitrogens with one attached hydrogen (secondary N) is 1. The molecule has 0 aliphatic heterocycles. The van der Waals surface area contributed by atoms with Gasteiger partial charge in [-0.05, 0) is 19.3 Å². The zero-order valence-electron chi connectivity index (χ0n) is 11.4. The number of aromatic nitrogens is 1. The van der Waals surface area contributed by atoms with Crippen LogP contribution in [0.25, 0.3) is 0 Å². The van der Waals surface area contributed by atoms with Crippen molar-refractivity contribution >= 4 is 34.8 Å². The minimum Gasteiger partial charge on any atom is -0.382 e. The number of nitrogens with zero attached hydrogens (tertiary/aromatic N) is 1. The van der Waals surface area contributed by atoms with E-state index in [4.69, 9.17) is 15.2 Å². The Morgan fingerprint density at radius 2 is 2.35 bits per heavy atom. The summed E-state index contributed by atoms with van der Waals surface area (Å²) in [7, 11) is 1.59. The third kappa shape index (κ3) is 4.99. The van der Waals surface area contributed by atoms with Crippen molar-refractivity contribution in [2.45, 2.75) is 25.3 Å². The van der Waals surface area contributed by atoms with Gasteiger partial charge >= 0.3 is 0 Å². The van der Waals surface area contributed by atoms with Crippen molar-refractivity contribution in [3.05, 3.63) is 10.6 Å². The molecule has 0 spiro atoms. The van der Waals surface area contributed by atoms with Gasteiger partial charge in [0.25, 0.3) is 5.91 Å². The summed E-state index contributed by atoms with van der Waals surface area (Å²) in [4.78, 5) is 17.2. The molecule has 20 heavy (non-hydrogen) atoms. The van der Waals surface area contributed by atoms with E-state index in [-0.39, 0.29) is 31.0 Å². The van der Waals surface area contributed by atoms with E-state index < -0.39 is 0 Å². The summed E-state index contributed by atoms with van der Waals surface area (Å²) in [5.74, 6) is -0.188. The summed E-state index contributed by atoms with van der Waals surface area (Å²) in [5.41, 5.74) is 6.99. The Balaban J connectivity index is 0.00000200. The van der Waals surface area contributed by atoms with Crippen LogP contribution in [0.1, 0.15) is 17.0 Å². The van der Waals surface area contributed by atoms with Crippen LogP contribution in [-0.2, 0) is 27.1 Å². The van der Waals surface area contributed by atoms with Gasteiger partial charge in [-0.15, -0.1) is 23.7 Å². The summed E-state index contributed by atoms with van der Waals surface area (Å²) in [6.07, 6.45) is 2.71. The Morgan fingerprint density at radius 1 is 1.55 bits per heavy atom. The van der Waals surface area contributed by atoms with Crippen LogP contribution < -0.4 is 11.1 Å². The van der Waals surface area contributed by atoms with Gasteiger partial charge in [0.1, 0.15) is 6.61 Å². The van der Waals surface area contributed by atoms with Crippen molar-refractivity contribution in [2.75, 3.05) is 32.2 Å². The van der Waals surface area contributed by atoms with Crippen LogP contribution >= 0.6 is 23.7 Å². The van der Waals surface area contributed by atoms with Crippen LogP contribution in [0.2, 0.25) is 0 Å². The first kappa shape index (κ1) is 17.3. The Hall–Kier alpha value is -0.730. The van der Waals surface area contributed by atoms with E-state index in [0.717, 1.165) is 25.0 Å². The first-order valence-corrected chi connectivity index (χ1v) is 7.11.